The highest BCUT2D eigenvalue weighted by Crippen LogP contribution is 2.72. The van der Waals surface area contributed by atoms with Crippen LogP contribution in [-0.4, -0.2) is 216 Å². The van der Waals surface area contributed by atoms with Crippen molar-refractivity contribution < 1.29 is 104 Å². The second-order valence-electron chi connectivity index (χ2n) is 23.9. The molecule has 31 atom stereocenters. The van der Waals surface area contributed by atoms with Crippen LogP contribution < -0.4 is 0 Å². The highest BCUT2D eigenvalue weighted by Gasteiger charge is 2.76. The van der Waals surface area contributed by atoms with E-state index in [0.29, 0.717) is 37.2 Å². The van der Waals surface area contributed by atoms with Gasteiger partial charge in [0.15, 0.2) is 30.9 Å². The number of aliphatic hydroxyl groups excluding tert-OH is 10. The average molecular weight is 1030 g/mol. The maximum Gasteiger partial charge on any atom is 0.187 e. The Morgan fingerprint density at radius 1 is 0.597 bits per heavy atom. The van der Waals surface area contributed by atoms with E-state index in [2.05, 4.69) is 33.8 Å². The van der Waals surface area contributed by atoms with Gasteiger partial charge in [0.25, 0.3) is 0 Å². The molecule has 412 valence electrons. The lowest BCUT2D eigenvalue weighted by molar-refractivity contribution is -0.394. The molecule has 0 amide bonds. The largest absolute Gasteiger partial charge is 0.394 e. The molecule has 10 aliphatic rings. The zero-order valence-corrected chi connectivity index (χ0v) is 42.4. The molecule has 0 aromatic rings. The molecule has 6 saturated heterocycles. The van der Waals surface area contributed by atoms with E-state index in [4.69, 9.17) is 47.4 Å². The molecule has 3 saturated carbocycles. The first-order chi connectivity index (χ1) is 34.0. The van der Waals surface area contributed by atoms with Crippen molar-refractivity contribution in [2.45, 2.75) is 253 Å². The van der Waals surface area contributed by atoms with Gasteiger partial charge in [-0.15, -0.1) is 0 Å². The van der Waals surface area contributed by atoms with Gasteiger partial charge in [0.1, 0.15) is 85.0 Å². The van der Waals surface area contributed by atoms with Crippen LogP contribution in [0.2, 0.25) is 0 Å². The number of rotatable bonds is 9. The monoisotopic (exact) mass is 1030 g/mol. The fourth-order valence-electron chi connectivity index (χ4n) is 15.4. The maximum absolute atomic E-state index is 12.9. The van der Waals surface area contributed by atoms with Crippen LogP contribution in [0.25, 0.3) is 0 Å². The number of ether oxygens (including phenoxy) is 10. The second-order valence-corrected chi connectivity index (χ2v) is 23.9. The fraction of sp³-hybridized carbons (Fsp3) is 0.961. The molecule has 6 aliphatic heterocycles. The summed E-state index contributed by atoms with van der Waals surface area (Å²) in [5.74, 6) is 0.531. The van der Waals surface area contributed by atoms with Gasteiger partial charge in [0, 0.05) is 17.8 Å². The molecule has 0 aromatic carbocycles. The van der Waals surface area contributed by atoms with Crippen LogP contribution in [0.15, 0.2) is 11.6 Å². The number of aliphatic hydroxyl groups is 11. The van der Waals surface area contributed by atoms with Crippen LogP contribution in [0.5, 0.6) is 0 Å². The highest BCUT2D eigenvalue weighted by molar-refractivity contribution is 5.29. The van der Waals surface area contributed by atoms with Crippen molar-refractivity contribution in [1.29, 1.82) is 0 Å². The van der Waals surface area contributed by atoms with Crippen molar-refractivity contribution in [3.05, 3.63) is 11.6 Å². The molecule has 72 heavy (non-hydrogen) atoms. The average Bonchev–Trinajstić information content (AvgIpc) is 3.71. The van der Waals surface area contributed by atoms with Crippen molar-refractivity contribution in [3.8, 4) is 0 Å². The maximum atomic E-state index is 12.9. The van der Waals surface area contributed by atoms with Crippen LogP contribution in [0, 0.1) is 40.4 Å². The first-order valence-corrected chi connectivity index (χ1v) is 26.7. The van der Waals surface area contributed by atoms with E-state index in [-0.39, 0.29) is 28.8 Å². The molecule has 11 N–H and O–H groups in total. The Labute approximate surface area is 420 Å². The second kappa shape index (κ2) is 20.0. The minimum atomic E-state index is -1.86. The molecule has 0 aromatic heterocycles. The highest BCUT2D eigenvalue weighted by atomic mass is 16.8. The smallest absolute Gasteiger partial charge is 0.187 e. The molecule has 0 bridgehead atoms. The zero-order chi connectivity index (χ0) is 51.7. The van der Waals surface area contributed by atoms with Gasteiger partial charge in [0.05, 0.1) is 43.7 Å². The Balaban J connectivity index is 0.842. The Morgan fingerprint density at radius 3 is 1.81 bits per heavy atom. The van der Waals surface area contributed by atoms with Gasteiger partial charge < -0.3 is 104 Å². The van der Waals surface area contributed by atoms with E-state index < -0.39 is 147 Å². The molecular formula is C51H82O21. The van der Waals surface area contributed by atoms with E-state index in [0.717, 1.165) is 44.9 Å². The third kappa shape index (κ3) is 8.63. The molecule has 10 rings (SSSR count). The Kier molecular flexibility index (Phi) is 15.1. The molecular weight excluding hydrogens is 949 g/mol. The lowest BCUT2D eigenvalue weighted by Crippen LogP contribution is -2.67. The van der Waals surface area contributed by atoms with Crippen LogP contribution in [0.3, 0.4) is 0 Å². The normalized spacial score (nSPS) is 58.8. The predicted octanol–water partition coefficient (Wildman–Crippen LogP) is -0.792. The summed E-state index contributed by atoms with van der Waals surface area (Å²) in [5, 5.41) is 122. The fourth-order valence-corrected chi connectivity index (χ4v) is 15.4. The Hall–Kier alpha value is -1.10. The molecule has 4 aliphatic carbocycles. The summed E-state index contributed by atoms with van der Waals surface area (Å²) in [6.45, 7) is 13.3. The molecule has 9 fully saturated rings. The molecule has 21 heteroatoms. The molecule has 8 unspecified atom stereocenters. The van der Waals surface area contributed by atoms with Crippen molar-refractivity contribution in [1.82, 2.24) is 0 Å². The topological polar surface area (TPSA) is 315 Å². The lowest BCUT2D eigenvalue weighted by Gasteiger charge is -2.60. The first-order valence-electron chi connectivity index (χ1n) is 26.7. The quantitative estimate of drug-likeness (QED) is 0.126. The first kappa shape index (κ1) is 54.3. The summed E-state index contributed by atoms with van der Waals surface area (Å²) in [7, 11) is 0. The van der Waals surface area contributed by atoms with Crippen molar-refractivity contribution >= 4 is 0 Å². The SMILES string of the molecule is CC1CCC2(OC1)OC1CC3C4CC=C5C[C@@H](O[C@@H]6O[C@H](CO)[C@@H](O[C@@H]7O[C@@H](C)[C@H](O[C@@H]8O[C@@H](C)[C@H](O)[C@@H](O)[C@H]8O)[C@@H](O)[C@H]7O)[C@H](O)[C@H]6O[C@@H]6O[C@@H](C)[C@H](O)[C@@H](O)[C@H]6O)CC[C@]5(C)C4CC[C@]3(C)C1(O)C2C. The molecule has 6 heterocycles. The van der Waals surface area contributed by atoms with E-state index in [9.17, 15) is 56.2 Å². The third-order valence-corrected chi connectivity index (χ3v) is 20.0. The van der Waals surface area contributed by atoms with E-state index in [1.807, 2.05) is 0 Å². The molecule has 1 spiro atoms. The summed E-state index contributed by atoms with van der Waals surface area (Å²) >= 11 is 0. The molecule has 21 nitrogen and oxygen atoms in total. The van der Waals surface area contributed by atoms with Gasteiger partial charge in [0.2, 0.25) is 0 Å². The summed E-state index contributed by atoms with van der Waals surface area (Å²) in [4.78, 5) is 0. The van der Waals surface area contributed by atoms with Crippen LogP contribution in [-0.2, 0) is 47.4 Å². The van der Waals surface area contributed by atoms with E-state index >= 15 is 0 Å². The number of fused-ring (bicyclic) bond motifs is 7. The predicted molar refractivity (Wildman–Crippen MR) is 245 cm³/mol. The Morgan fingerprint density at radius 2 is 1.19 bits per heavy atom. The minimum Gasteiger partial charge on any atom is -0.394 e. The number of allylic oxidation sites excluding steroid dienone is 1. The number of hydrogen-bond donors (Lipinski definition) is 11. The number of hydrogen-bond acceptors (Lipinski definition) is 21. The van der Waals surface area contributed by atoms with Crippen LogP contribution >= 0.6 is 0 Å². The van der Waals surface area contributed by atoms with Gasteiger partial charge in [-0.25, -0.2) is 0 Å². The van der Waals surface area contributed by atoms with Crippen molar-refractivity contribution in [3.63, 3.8) is 0 Å². The third-order valence-electron chi connectivity index (χ3n) is 20.0. The van der Waals surface area contributed by atoms with Gasteiger partial charge in [-0.05, 0) is 101 Å². The summed E-state index contributed by atoms with van der Waals surface area (Å²) in [6, 6.07) is 0. The van der Waals surface area contributed by atoms with Crippen LogP contribution in [0.1, 0.15) is 106 Å². The van der Waals surface area contributed by atoms with E-state index in [1.54, 1.807) is 0 Å². The van der Waals surface area contributed by atoms with Gasteiger partial charge in [-0.1, -0.05) is 39.3 Å². The summed E-state index contributed by atoms with van der Waals surface area (Å²) in [6.07, 6.45) is -21.2. The minimum absolute atomic E-state index is 0.151. The van der Waals surface area contributed by atoms with Gasteiger partial charge in [-0.3, -0.25) is 0 Å². The summed E-state index contributed by atoms with van der Waals surface area (Å²) < 4.78 is 61.9. The van der Waals surface area contributed by atoms with Gasteiger partial charge in [-0.2, -0.15) is 0 Å². The Bertz CT molecular complexity index is 1940. The molecule has 0 radical (unpaired) electrons. The van der Waals surface area contributed by atoms with Crippen molar-refractivity contribution in [2.24, 2.45) is 40.4 Å². The standard InChI is InChI=1S/C51H82O21/c1-20-10-15-50(63-19-20)24(5)51(62)31(72-50)17-29-27-9-8-25-16-26(11-13-48(25,6)28(27)12-14-49(29,51)7)67-47-43(71-45-38(59)35(56)33(54)22(3)65-45)40(61)42(30(18-52)68-47)70-46-39(60)36(57)41(23(4)66-46)69-44-37(58)34(55)32(53)21(2)64-44/h8,20-24,26-47,52-62H,9-19H2,1-7H3/t20?,21-,22-,23-,24?,26-,27?,28?,29?,30+,31?,32-,33-,34+,35+,36-,37+,38+,39+,40-,41-,42+,43+,44-,45-,46-,47+,48-,49-,50?,51?/m0/s1. The lowest BCUT2D eigenvalue weighted by atomic mass is 9.46. The van der Waals surface area contributed by atoms with Crippen LogP contribution in [0.4, 0.5) is 0 Å². The van der Waals surface area contributed by atoms with Crippen molar-refractivity contribution in [2.75, 3.05) is 13.2 Å². The van der Waals surface area contributed by atoms with Gasteiger partial charge >= 0.3 is 0 Å². The summed E-state index contributed by atoms with van der Waals surface area (Å²) in [5.41, 5.74) is -0.230. The van der Waals surface area contributed by atoms with E-state index in [1.165, 1.54) is 26.3 Å². The zero-order valence-electron chi connectivity index (χ0n) is 42.4.